The topological polar surface area (TPSA) is 254 Å². The van der Waals surface area contributed by atoms with Crippen LogP contribution in [0.5, 0.6) is 0 Å². The minimum absolute atomic E-state index is 0.00288. The highest BCUT2D eigenvalue weighted by Gasteiger charge is 2.38. The van der Waals surface area contributed by atoms with E-state index in [0.717, 1.165) is 40.4 Å². The second-order valence-electron chi connectivity index (χ2n) is 19.3. The molecule has 0 saturated heterocycles. The Morgan fingerprint density at radius 1 is 0.781 bits per heavy atom. The van der Waals surface area contributed by atoms with Gasteiger partial charge >= 0.3 is 11.9 Å². The average molecular weight is 1040 g/mol. The first-order chi connectivity index (χ1) is 34.5. The number of thioether (sulfide) groups is 1. The lowest BCUT2D eigenvalue weighted by molar-refractivity contribution is -0.142. The lowest BCUT2D eigenvalue weighted by Gasteiger charge is -2.41. The largest absolute Gasteiger partial charge is 0.481 e. The van der Waals surface area contributed by atoms with Gasteiger partial charge in [-0.1, -0.05) is 71.4 Å². The number of rotatable bonds is 29. The van der Waals surface area contributed by atoms with E-state index in [-0.39, 0.29) is 79.7 Å². The van der Waals surface area contributed by atoms with Crippen LogP contribution in [0.2, 0.25) is 0 Å². The molecule has 0 bridgehead atoms. The van der Waals surface area contributed by atoms with Crippen molar-refractivity contribution in [1.82, 2.24) is 35.6 Å². The van der Waals surface area contributed by atoms with Crippen LogP contribution in [0.3, 0.4) is 0 Å². The molecule has 4 rings (SSSR count). The van der Waals surface area contributed by atoms with Crippen LogP contribution in [0.4, 0.5) is 8.78 Å². The fraction of sp³-hybridized carbons (Fsp3) is 0.481. The van der Waals surface area contributed by atoms with E-state index in [2.05, 4.69) is 21.3 Å². The van der Waals surface area contributed by atoms with Gasteiger partial charge in [0.1, 0.15) is 29.8 Å². The van der Waals surface area contributed by atoms with Crippen LogP contribution >= 0.6 is 11.8 Å². The molecular weight excluding hydrogens is 969 g/mol. The predicted octanol–water partition coefficient (Wildman–Crippen LogP) is 5.20. The zero-order valence-corrected chi connectivity index (χ0v) is 42.9. The second-order valence-corrected chi connectivity index (χ2v) is 20.3. The van der Waals surface area contributed by atoms with Gasteiger partial charge in [-0.25, -0.2) is 13.6 Å². The number of carbonyl (C=O) groups excluding carboxylic acids is 7. The molecule has 0 fully saturated rings. The Bertz CT molecular complexity index is 2480. The molecule has 4 atom stereocenters. The summed E-state index contributed by atoms with van der Waals surface area (Å²) >= 11 is 0.938. The number of carboxylic acids is 2. The molecule has 0 aliphatic carbocycles. The van der Waals surface area contributed by atoms with Crippen LogP contribution in [-0.4, -0.2) is 127 Å². The average Bonchev–Trinajstić information content (AvgIpc) is 3.88. The molecule has 6 N–H and O–H groups in total. The SMILES string of the molecule is CC(C)[C@H](NC(=O)CCCCCN1C(=O)C=CC1=O)C(=O)N[C@@H](C)C(=O)NCCCN(C(=O)CSC[C@H](NC(=O)CCC(=O)O)C(=O)O)[C@@H](c1cc(-c2cc(F)ccc2F)cn1Cc1ccccc1)C(C)(C)C. The number of aromatic nitrogens is 1. The Hall–Kier alpha value is -6.90. The molecule has 21 heteroatoms. The molecule has 2 aromatic carbocycles. The van der Waals surface area contributed by atoms with E-state index < -0.39 is 89.6 Å². The summed E-state index contributed by atoms with van der Waals surface area (Å²) in [5, 5.41) is 29.3. The fourth-order valence-corrected chi connectivity index (χ4v) is 9.09. The maximum atomic E-state index is 15.4. The zero-order chi connectivity index (χ0) is 54.0. The number of aliphatic carboxylic acids is 2. The lowest BCUT2D eigenvalue weighted by atomic mass is 9.83. The maximum Gasteiger partial charge on any atom is 0.327 e. The van der Waals surface area contributed by atoms with Crippen molar-refractivity contribution in [2.75, 3.05) is 31.1 Å². The van der Waals surface area contributed by atoms with Gasteiger partial charge < -0.3 is 40.9 Å². The summed E-state index contributed by atoms with van der Waals surface area (Å²) < 4.78 is 31.8. The molecule has 1 aliphatic rings. The van der Waals surface area contributed by atoms with E-state index in [4.69, 9.17) is 5.11 Å². The molecule has 73 heavy (non-hydrogen) atoms. The van der Waals surface area contributed by atoms with E-state index >= 15 is 4.39 Å². The van der Waals surface area contributed by atoms with E-state index in [9.17, 15) is 52.6 Å². The third kappa shape index (κ3) is 18.3. The number of hydrogen-bond acceptors (Lipinski definition) is 10. The van der Waals surface area contributed by atoms with Gasteiger partial charge in [0.25, 0.3) is 11.8 Å². The van der Waals surface area contributed by atoms with Crippen molar-refractivity contribution in [3.63, 3.8) is 0 Å². The Morgan fingerprint density at radius 3 is 2.08 bits per heavy atom. The van der Waals surface area contributed by atoms with E-state index in [1.165, 1.54) is 19.1 Å². The summed E-state index contributed by atoms with van der Waals surface area (Å²) in [5.41, 5.74) is 1.06. The molecular formula is C52H67F2N7O11S. The molecule has 3 aromatic rings. The van der Waals surface area contributed by atoms with Crippen molar-refractivity contribution in [2.45, 2.75) is 117 Å². The Labute approximate surface area is 428 Å². The summed E-state index contributed by atoms with van der Waals surface area (Å²) in [6.07, 6.45) is 4.99. The number of amides is 7. The number of carbonyl (C=O) groups is 9. The number of nitrogens with zero attached hydrogens (tertiary/aromatic N) is 3. The van der Waals surface area contributed by atoms with E-state index in [1.807, 2.05) is 55.7 Å². The number of nitrogens with one attached hydrogen (secondary N) is 4. The van der Waals surface area contributed by atoms with Gasteiger partial charge in [-0.15, -0.1) is 11.8 Å². The molecule has 0 radical (unpaired) electrons. The molecule has 396 valence electrons. The molecule has 7 amide bonds. The molecule has 1 aromatic heterocycles. The van der Waals surface area contributed by atoms with Crippen LogP contribution in [0.1, 0.15) is 104 Å². The molecule has 2 heterocycles. The van der Waals surface area contributed by atoms with Crippen molar-refractivity contribution >= 4 is 65.1 Å². The quantitative estimate of drug-likeness (QED) is 0.0388. The Balaban J connectivity index is 1.50. The first-order valence-corrected chi connectivity index (χ1v) is 25.3. The third-order valence-electron chi connectivity index (χ3n) is 11.9. The van der Waals surface area contributed by atoms with E-state index in [0.29, 0.717) is 30.5 Å². The van der Waals surface area contributed by atoms with Crippen LogP contribution in [0.15, 0.2) is 72.9 Å². The summed E-state index contributed by atoms with van der Waals surface area (Å²) in [6.45, 7) is 11.3. The monoisotopic (exact) mass is 1040 g/mol. The number of halogens is 2. The van der Waals surface area contributed by atoms with Crippen molar-refractivity contribution in [3.05, 3.63) is 95.8 Å². The molecule has 0 unspecified atom stereocenters. The van der Waals surface area contributed by atoms with Crippen molar-refractivity contribution < 1.29 is 62.1 Å². The van der Waals surface area contributed by atoms with Gasteiger partial charge in [-0.05, 0) is 67.3 Å². The minimum Gasteiger partial charge on any atom is -0.481 e. The van der Waals surface area contributed by atoms with Gasteiger partial charge in [0.2, 0.25) is 29.5 Å². The van der Waals surface area contributed by atoms with Crippen molar-refractivity contribution in [1.29, 1.82) is 0 Å². The van der Waals surface area contributed by atoms with Gasteiger partial charge in [-0.3, -0.25) is 43.3 Å². The summed E-state index contributed by atoms with van der Waals surface area (Å²) in [5.74, 6) is -8.25. The first-order valence-electron chi connectivity index (χ1n) is 24.2. The van der Waals surface area contributed by atoms with Crippen molar-refractivity contribution in [2.24, 2.45) is 11.3 Å². The molecule has 0 saturated carbocycles. The minimum atomic E-state index is -1.44. The summed E-state index contributed by atoms with van der Waals surface area (Å²) in [6, 6.07) is 10.0. The number of unbranched alkanes of at least 4 members (excludes halogenated alkanes) is 2. The van der Waals surface area contributed by atoms with Crippen LogP contribution in [-0.2, 0) is 49.7 Å². The standard InChI is InChI=1S/C52H67F2N7O11S/c1-32(2)47(58-41(62)16-11-8-12-24-60-43(64)20-21-44(60)65)50(70)56-33(3)49(69)55-23-13-25-61(45(66)31-73-30-39(51(71)72)57-42(63)19-22-46(67)68)48(52(4,5)6)40-26-35(37-27-36(53)17-18-38(37)54)29-59(40)28-34-14-9-7-10-15-34/h7,9-10,14-15,17-18,20-21,26-27,29,32-33,39,47-48H,8,11-13,16,19,22-25,28,30-31H2,1-6H3,(H,55,69)(H,56,70)(H,57,63)(H,58,62)(H,67,68)(H,71,72)/t33-,39-,47-,48-/m0/s1. The smallest absolute Gasteiger partial charge is 0.327 e. The van der Waals surface area contributed by atoms with Crippen LogP contribution in [0, 0.1) is 23.0 Å². The maximum absolute atomic E-state index is 15.4. The Morgan fingerprint density at radius 2 is 1.45 bits per heavy atom. The first kappa shape index (κ1) is 58.7. The van der Waals surface area contributed by atoms with Crippen molar-refractivity contribution in [3.8, 4) is 11.1 Å². The number of imide groups is 1. The predicted molar refractivity (Wildman–Crippen MR) is 269 cm³/mol. The number of hydrogen-bond donors (Lipinski definition) is 6. The highest BCUT2D eigenvalue weighted by atomic mass is 32.2. The molecule has 0 spiro atoms. The Kier molecular flexibility index (Phi) is 22.3. The summed E-state index contributed by atoms with van der Waals surface area (Å²) in [7, 11) is 0. The molecule has 18 nitrogen and oxygen atoms in total. The van der Waals surface area contributed by atoms with Gasteiger partial charge in [0, 0.05) is 79.9 Å². The normalized spacial score (nSPS) is 14.1. The summed E-state index contributed by atoms with van der Waals surface area (Å²) in [4.78, 5) is 116. The zero-order valence-electron chi connectivity index (χ0n) is 42.1. The van der Waals surface area contributed by atoms with Crippen LogP contribution < -0.4 is 21.3 Å². The second kappa shape index (κ2) is 27.8. The lowest BCUT2D eigenvalue weighted by Crippen LogP contribution is -2.54. The van der Waals surface area contributed by atoms with Gasteiger partial charge in [0.05, 0.1) is 18.2 Å². The fourth-order valence-electron chi connectivity index (χ4n) is 8.17. The van der Waals surface area contributed by atoms with Gasteiger partial charge in [-0.2, -0.15) is 0 Å². The highest BCUT2D eigenvalue weighted by Crippen LogP contribution is 2.41. The molecule has 1 aliphatic heterocycles. The number of benzene rings is 2. The highest BCUT2D eigenvalue weighted by molar-refractivity contribution is 8.00. The number of carboxylic acid groups (broad SMARTS) is 2. The van der Waals surface area contributed by atoms with E-state index in [1.54, 1.807) is 31.0 Å². The van der Waals surface area contributed by atoms with Gasteiger partial charge in [0.15, 0.2) is 0 Å². The van der Waals surface area contributed by atoms with Crippen LogP contribution in [0.25, 0.3) is 11.1 Å². The third-order valence-corrected chi connectivity index (χ3v) is 12.9.